The molecule has 6 nitrogen and oxygen atoms in total. The molecule has 1 aliphatic rings. The van der Waals surface area contributed by atoms with Gasteiger partial charge >= 0.3 is 0 Å². The second kappa shape index (κ2) is 8.43. The van der Waals surface area contributed by atoms with Crippen LogP contribution in [0.5, 0.6) is 0 Å². The van der Waals surface area contributed by atoms with Gasteiger partial charge in [-0.05, 0) is 42.6 Å². The number of hydrogen-bond donors (Lipinski definition) is 1. The number of halogens is 1. The molecule has 0 bridgehead atoms. The van der Waals surface area contributed by atoms with Crippen molar-refractivity contribution in [2.45, 2.75) is 13.3 Å². The van der Waals surface area contributed by atoms with Gasteiger partial charge in [-0.2, -0.15) is 4.98 Å². The van der Waals surface area contributed by atoms with Crippen LogP contribution in [0.1, 0.15) is 20.8 Å². The highest BCUT2D eigenvalue weighted by atomic mass is 35.5. The van der Waals surface area contributed by atoms with Crippen LogP contribution in [0.2, 0.25) is 5.28 Å². The average molecular weight is 417 g/mol. The molecule has 1 N–H and O–H groups in total. The van der Waals surface area contributed by atoms with Crippen LogP contribution in [0, 0.1) is 6.92 Å². The third kappa shape index (κ3) is 3.97. The summed E-state index contributed by atoms with van der Waals surface area (Å²) in [5.41, 5.74) is 2.67. The Labute approximate surface area is 172 Å². The van der Waals surface area contributed by atoms with Gasteiger partial charge in [-0.1, -0.05) is 18.2 Å². The van der Waals surface area contributed by atoms with Crippen LogP contribution in [0.15, 0.2) is 30.3 Å². The fraction of sp³-hybridized carbons (Fsp3) is 0.350. The molecule has 0 atom stereocenters. The van der Waals surface area contributed by atoms with Crippen molar-refractivity contribution in [2.24, 2.45) is 0 Å². The number of rotatable bonds is 5. The molecule has 0 saturated carbocycles. The zero-order valence-corrected chi connectivity index (χ0v) is 17.1. The van der Waals surface area contributed by atoms with Gasteiger partial charge in [0.15, 0.2) is 5.82 Å². The predicted octanol–water partition coefficient (Wildman–Crippen LogP) is 3.46. The van der Waals surface area contributed by atoms with Gasteiger partial charge in [-0.25, -0.2) is 4.98 Å². The van der Waals surface area contributed by atoms with E-state index in [1.807, 2.05) is 30.3 Å². The zero-order chi connectivity index (χ0) is 19.5. The number of ether oxygens (including phenoxy) is 1. The number of aryl methyl sites for hydroxylation is 1. The number of benzene rings is 1. The van der Waals surface area contributed by atoms with Crippen molar-refractivity contribution in [2.75, 3.05) is 37.7 Å². The number of nitrogens with one attached hydrogen (secondary N) is 1. The first-order valence-corrected chi connectivity index (χ1v) is 10.4. The van der Waals surface area contributed by atoms with Gasteiger partial charge in [0.25, 0.3) is 5.91 Å². The summed E-state index contributed by atoms with van der Waals surface area (Å²) in [6.07, 6.45) is 0.742. The van der Waals surface area contributed by atoms with E-state index in [9.17, 15) is 4.79 Å². The number of anilines is 1. The smallest absolute Gasteiger partial charge is 0.251 e. The topological polar surface area (TPSA) is 67.4 Å². The molecule has 3 aromatic rings. The van der Waals surface area contributed by atoms with E-state index in [1.54, 1.807) is 11.3 Å². The van der Waals surface area contributed by atoms with Gasteiger partial charge in [0, 0.05) is 30.1 Å². The Morgan fingerprint density at radius 3 is 2.75 bits per heavy atom. The van der Waals surface area contributed by atoms with Crippen molar-refractivity contribution < 1.29 is 9.53 Å². The highest BCUT2D eigenvalue weighted by Crippen LogP contribution is 2.36. The molecular weight excluding hydrogens is 396 g/mol. The van der Waals surface area contributed by atoms with Gasteiger partial charge in [-0.15, -0.1) is 11.3 Å². The molecule has 28 heavy (non-hydrogen) atoms. The van der Waals surface area contributed by atoms with E-state index in [4.69, 9.17) is 16.3 Å². The van der Waals surface area contributed by atoms with E-state index in [2.05, 4.69) is 27.1 Å². The first kappa shape index (κ1) is 19.1. The molecule has 146 valence electrons. The van der Waals surface area contributed by atoms with E-state index in [-0.39, 0.29) is 11.2 Å². The molecule has 3 heterocycles. The number of aromatic nitrogens is 2. The molecule has 1 saturated heterocycles. The van der Waals surface area contributed by atoms with Crippen LogP contribution >= 0.6 is 22.9 Å². The highest BCUT2D eigenvalue weighted by molar-refractivity contribution is 7.19. The Hall–Kier alpha value is -2.22. The molecule has 4 rings (SSSR count). The Morgan fingerprint density at radius 1 is 1.25 bits per heavy atom. The largest absolute Gasteiger partial charge is 0.378 e. The van der Waals surface area contributed by atoms with Crippen molar-refractivity contribution in [3.8, 4) is 0 Å². The lowest BCUT2D eigenvalue weighted by Gasteiger charge is -2.28. The maximum absolute atomic E-state index is 12.2. The minimum atomic E-state index is -0.0591. The van der Waals surface area contributed by atoms with Crippen molar-refractivity contribution in [3.05, 3.63) is 51.6 Å². The number of morpholine rings is 1. The molecule has 2 aromatic heterocycles. The predicted molar refractivity (Wildman–Crippen MR) is 113 cm³/mol. The second-order valence-electron chi connectivity index (χ2n) is 6.62. The number of carbonyl (C=O) groups is 1. The summed E-state index contributed by atoms with van der Waals surface area (Å²) in [4.78, 5) is 24.6. The maximum Gasteiger partial charge on any atom is 0.251 e. The summed E-state index contributed by atoms with van der Waals surface area (Å²) in [5, 5.41) is 3.25. The summed E-state index contributed by atoms with van der Waals surface area (Å²) < 4.78 is 6.50. The van der Waals surface area contributed by atoms with E-state index in [1.165, 1.54) is 4.88 Å². The molecule has 0 radical (unpaired) electrons. The summed E-state index contributed by atoms with van der Waals surface area (Å²) >= 11 is 7.89. The van der Waals surface area contributed by atoms with Crippen molar-refractivity contribution in [1.82, 2.24) is 15.3 Å². The van der Waals surface area contributed by atoms with Gasteiger partial charge in [0.2, 0.25) is 5.28 Å². The number of fused-ring (bicyclic) bond motifs is 1. The van der Waals surface area contributed by atoms with Crippen LogP contribution in [-0.2, 0) is 11.2 Å². The molecule has 8 heteroatoms. The van der Waals surface area contributed by atoms with Crippen LogP contribution in [0.25, 0.3) is 10.2 Å². The number of nitrogens with zero attached hydrogens (tertiary/aromatic N) is 3. The lowest BCUT2D eigenvalue weighted by Crippen LogP contribution is -2.36. The van der Waals surface area contributed by atoms with E-state index < -0.39 is 0 Å². The van der Waals surface area contributed by atoms with Crippen LogP contribution < -0.4 is 10.2 Å². The first-order valence-electron chi connectivity index (χ1n) is 9.25. The molecule has 0 unspecified atom stereocenters. The molecule has 0 spiro atoms. The SMILES string of the molecule is Cc1c(CCNC(=O)c2ccccc2)sc2c(N3CCOCC3)nc(Cl)nc12. The standard InChI is InChI=1S/C20H21ClN4O2S/c1-13-15(7-8-22-19(26)14-5-3-2-4-6-14)28-17-16(13)23-20(21)24-18(17)25-9-11-27-12-10-25/h2-6H,7-12H2,1H3,(H,22,26). The van der Waals surface area contributed by atoms with E-state index in [0.717, 1.165) is 41.1 Å². The Morgan fingerprint density at radius 2 is 2.00 bits per heavy atom. The Kier molecular flexibility index (Phi) is 5.75. The lowest BCUT2D eigenvalue weighted by atomic mass is 10.2. The van der Waals surface area contributed by atoms with Crippen molar-refractivity contribution in [3.63, 3.8) is 0 Å². The molecule has 1 amide bonds. The zero-order valence-electron chi connectivity index (χ0n) is 15.6. The third-order valence-corrected chi connectivity index (χ3v) is 6.31. The molecular formula is C20H21ClN4O2S. The number of amides is 1. The monoisotopic (exact) mass is 416 g/mol. The van der Waals surface area contributed by atoms with Crippen LogP contribution in [-0.4, -0.2) is 48.7 Å². The van der Waals surface area contributed by atoms with Crippen molar-refractivity contribution in [1.29, 1.82) is 0 Å². The summed E-state index contributed by atoms with van der Waals surface area (Å²) in [5.74, 6) is 0.821. The van der Waals surface area contributed by atoms with Crippen LogP contribution in [0.3, 0.4) is 0 Å². The Bertz CT molecular complexity index is 987. The average Bonchev–Trinajstić information content (AvgIpc) is 3.04. The van der Waals surface area contributed by atoms with Gasteiger partial charge in [0.05, 0.1) is 23.4 Å². The lowest BCUT2D eigenvalue weighted by molar-refractivity contribution is 0.0954. The fourth-order valence-corrected chi connectivity index (χ4v) is 4.73. The summed E-state index contributed by atoms with van der Waals surface area (Å²) in [6, 6.07) is 9.25. The van der Waals surface area contributed by atoms with Crippen LogP contribution in [0.4, 0.5) is 5.82 Å². The maximum atomic E-state index is 12.2. The first-order chi connectivity index (χ1) is 13.6. The van der Waals surface area contributed by atoms with Gasteiger partial charge < -0.3 is 15.0 Å². The van der Waals surface area contributed by atoms with E-state index in [0.29, 0.717) is 25.3 Å². The van der Waals surface area contributed by atoms with E-state index >= 15 is 0 Å². The van der Waals surface area contributed by atoms with Crippen molar-refractivity contribution >= 4 is 44.9 Å². The van der Waals surface area contributed by atoms with Gasteiger partial charge in [0.1, 0.15) is 0 Å². The minimum absolute atomic E-state index is 0.0591. The Balaban J connectivity index is 1.53. The number of hydrogen-bond acceptors (Lipinski definition) is 6. The molecule has 1 aromatic carbocycles. The molecule has 0 aliphatic carbocycles. The fourth-order valence-electron chi connectivity index (χ4n) is 3.30. The summed E-state index contributed by atoms with van der Waals surface area (Å²) in [6.45, 7) is 5.58. The second-order valence-corrected chi connectivity index (χ2v) is 8.06. The summed E-state index contributed by atoms with van der Waals surface area (Å²) in [7, 11) is 0. The number of thiophene rings is 1. The highest BCUT2D eigenvalue weighted by Gasteiger charge is 2.21. The number of carbonyl (C=O) groups excluding carboxylic acids is 1. The third-order valence-electron chi connectivity index (χ3n) is 4.80. The normalized spacial score (nSPS) is 14.4. The quantitative estimate of drug-likeness (QED) is 0.645. The molecule has 1 fully saturated rings. The minimum Gasteiger partial charge on any atom is -0.378 e. The van der Waals surface area contributed by atoms with Gasteiger partial charge in [-0.3, -0.25) is 4.79 Å². The molecule has 1 aliphatic heterocycles.